The van der Waals surface area contributed by atoms with Crippen LogP contribution >= 0.6 is 12.2 Å². The number of nitrogens with zero attached hydrogens (tertiary/aromatic N) is 2. The topological polar surface area (TPSA) is 162 Å². The summed E-state index contributed by atoms with van der Waals surface area (Å²) in [6, 6.07) is -0.663. The summed E-state index contributed by atoms with van der Waals surface area (Å²) in [4.78, 5) is 31.0. The van der Waals surface area contributed by atoms with Gasteiger partial charge in [0.25, 0.3) is 5.91 Å². The predicted molar refractivity (Wildman–Crippen MR) is 94.0 cm³/mol. The third-order valence-electron chi connectivity index (χ3n) is 3.39. The molecular formula is C14H19N7O2S. The minimum Gasteiger partial charge on any atom is -0.402 e. The number of aromatic nitrogens is 2. The molecule has 8 N–H and O–H groups in total. The standard InChI is InChI=1S/C14H19N7O2S/c1-6(12(16)22)19-9-5-18-11(13(17)23)14(20-9)21-10(24)4-8(15)7-2-3-7/h4-7H,2-3,15H2,1H3,(H2,16,22)(H2,17,23)(H2,19,20,21,24)/t6-/m1/s1. The molecule has 128 valence electrons. The molecule has 0 bridgehead atoms. The summed E-state index contributed by atoms with van der Waals surface area (Å²) in [7, 11) is 0. The van der Waals surface area contributed by atoms with E-state index in [9.17, 15) is 9.59 Å². The number of hydrogen-bond donors (Lipinski definition) is 5. The number of allylic oxidation sites excluding steroid dienone is 1. The quantitative estimate of drug-likeness (QED) is 0.335. The van der Waals surface area contributed by atoms with Gasteiger partial charge in [-0.05, 0) is 31.8 Å². The number of carbonyl (C=O) groups is 2. The molecule has 1 saturated carbocycles. The van der Waals surface area contributed by atoms with E-state index < -0.39 is 17.9 Å². The first-order valence-electron chi connectivity index (χ1n) is 7.28. The van der Waals surface area contributed by atoms with Crippen LogP contribution < -0.4 is 27.8 Å². The number of rotatable bonds is 7. The van der Waals surface area contributed by atoms with Crippen molar-refractivity contribution in [2.75, 3.05) is 10.6 Å². The van der Waals surface area contributed by atoms with Gasteiger partial charge in [-0.2, -0.15) is 0 Å². The molecule has 24 heavy (non-hydrogen) atoms. The zero-order valence-corrected chi connectivity index (χ0v) is 13.9. The molecule has 1 heterocycles. The molecule has 2 rings (SSSR count). The number of nitrogens with one attached hydrogen (secondary N) is 2. The largest absolute Gasteiger partial charge is 0.402 e. The van der Waals surface area contributed by atoms with Crippen molar-refractivity contribution in [3.8, 4) is 0 Å². The van der Waals surface area contributed by atoms with E-state index in [1.165, 1.54) is 6.20 Å². The molecule has 0 aromatic carbocycles. The Kier molecular flexibility index (Phi) is 5.29. The SMILES string of the molecule is C[C@@H](Nc1cnc(C(N)=O)c(NC(=S)C=C(N)C2CC2)n1)C(N)=O. The maximum Gasteiger partial charge on any atom is 0.271 e. The lowest BCUT2D eigenvalue weighted by atomic mass is 10.3. The minimum absolute atomic E-state index is 0.0759. The Bertz CT molecular complexity index is 715. The number of thiocarbonyl (C=S) groups is 1. The van der Waals surface area contributed by atoms with Crippen LogP contribution in [0.2, 0.25) is 0 Å². The predicted octanol–water partition coefficient (Wildman–Crippen LogP) is -0.147. The molecule has 1 atom stereocenters. The van der Waals surface area contributed by atoms with Crippen LogP contribution in [-0.2, 0) is 4.79 Å². The zero-order valence-electron chi connectivity index (χ0n) is 13.1. The average molecular weight is 349 g/mol. The van der Waals surface area contributed by atoms with Gasteiger partial charge in [0, 0.05) is 5.70 Å². The summed E-state index contributed by atoms with van der Waals surface area (Å²) in [5.41, 5.74) is 17.0. The normalized spacial score (nSPS) is 15.5. The van der Waals surface area contributed by atoms with Crippen molar-refractivity contribution in [1.29, 1.82) is 0 Å². The Balaban J connectivity index is 2.21. The van der Waals surface area contributed by atoms with Crippen molar-refractivity contribution in [2.24, 2.45) is 23.1 Å². The van der Waals surface area contributed by atoms with Crippen LogP contribution in [0.5, 0.6) is 0 Å². The van der Waals surface area contributed by atoms with Crippen LogP contribution in [0.25, 0.3) is 0 Å². The highest BCUT2D eigenvalue weighted by molar-refractivity contribution is 7.81. The fraction of sp³-hybridized carbons (Fsp3) is 0.357. The fourth-order valence-corrected chi connectivity index (χ4v) is 2.09. The summed E-state index contributed by atoms with van der Waals surface area (Å²) in [5.74, 6) is -0.636. The van der Waals surface area contributed by atoms with E-state index in [1.807, 2.05) is 0 Å². The van der Waals surface area contributed by atoms with Crippen LogP contribution in [0.15, 0.2) is 18.0 Å². The first-order chi connectivity index (χ1) is 11.3. The molecule has 1 aromatic rings. The molecule has 10 heteroatoms. The van der Waals surface area contributed by atoms with Gasteiger partial charge in [-0.25, -0.2) is 9.97 Å². The van der Waals surface area contributed by atoms with Crippen molar-refractivity contribution in [3.63, 3.8) is 0 Å². The molecule has 9 nitrogen and oxygen atoms in total. The molecule has 1 aliphatic carbocycles. The second-order valence-electron chi connectivity index (χ2n) is 5.49. The first-order valence-corrected chi connectivity index (χ1v) is 7.69. The lowest BCUT2D eigenvalue weighted by Crippen LogP contribution is -2.33. The molecule has 0 spiro atoms. The van der Waals surface area contributed by atoms with E-state index in [2.05, 4.69) is 20.6 Å². The van der Waals surface area contributed by atoms with Gasteiger partial charge < -0.3 is 27.8 Å². The van der Waals surface area contributed by atoms with Gasteiger partial charge in [-0.15, -0.1) is 0 Å². The van der Waals surface area contributed by atoms with Gasteiger partial charge in [-0.1, -0.05) is 12.2 Å². The second kappa shape index (κ2) is 7.21. The van der Waals surface area contributed by atoms with Crippen molar-refractivity contribution in [3.05, 3.63) is 23.7 Å². The molecule has 0 saturated heterocycles. The van der Waals surface area contributed by atoms with Gasteiger partial charge in [0.05, 0.1) is 6.20 Å². The summed E-state index contributed by atoms with van der Waals surface area (Å²) in [6.45, 7) is 1.57. The number of anilines is 2. The molecule has 1 aliphatic rings. The van der Waals surface area contributed by atoms with E-state index in [0.29, 0.717) is 11.6 Å². The summed E-state index contributed by atoms with van der Waals surface area (Å²) in [6.07, 6.45) is 4.98. The average Bonchev–Trinajstić information content (AvgIpc) is 3.31. The Morgan fingerprint density at radius 2 is 2.04 bits per heavy atom. The molecule has 0 aliphatic heterocycles. The third-order valence-corrected chi connectivity index (χ3v) is 3.61. The lowest BCUT2D eigenvalue weighted by Gasteiger charge is -2.13. The van der Waals surface area contributed by atoms with Crippen molar-refractivity contribution >= 4 is 40.7 Å². The molecule has 2 amide bonds. The van der Waals surface area contributed by atoms with Crippen molar-refractivity contribution in [2.45, 2.75) is 25.8 Å². The van der Waals surface area contributed by atoms with Gasteiger partial charge in [-0.3, -0.25) is 9.59 Å². The van der Waals surface area contributed by atoms with Gasteiger partial charge in [0.15, 0.2) is 11.5 Å². The van der Waals surface area contributed by atoms with E-state index in [0.717, 1.165) is 12.8 Å². The fourth-order valence-electron chi connectivity index (χ4n) is 1.86. The second-order valence-corrected chi connectivity index (χ2v) is 5.93. The number of primary amides is 2. The van der Waals surface area contributed by atoms with E-state index in [-0.39, 0.29) is 22.3 Å². The summed E-state index contributed by atoms with van der Waals surface area (Å²) >= 11 is 5.20. The first kappa shape index (κ1) is 17.6. The monoisotopic (exact) mass is 349 g/mol. The van der Waals surface area contributed by atoms with E-state index >= 15 is 0 Å². The van der Waals surface area contributed by atoms with Crippen LogP contribution in [0.3, 0.4) is 0 Å². The Hall–Kier alpha value is -2.75. The maximum atomic E-state index is 11.5. The van der Waals surface area contributed by atoms with Gasteiger partial charge in [0.2, 0.25) is 5.91 Å². The number of nitrogens with two attached hydrogens (primary N) is 3. The summed E-state index contributed by atoms with van der Waals surface area (Å²) < 4.78 is 0. The Morgan fingerprint density at radius 1 is 1.38 bits per heavy atom. The number of carbonyl (C=O) groups excluding carboxylic acids is 2. The van der Waals surface area contributed by atoms with Crippen LogP contribution in [0, 0.1) is 5.92 Å². The zero-order chi connectivity index (χ0) is 17.9. The molecule has 1 aromatic heterocycles. The molecular weight excluding hydrogens is 330 g/mol. The number of hydrogen-bond acceptors (Lipinski definition) is 7. The summed E-state index contributed by atoms with van der Waals surface area (Å²) in [5, 5.41) is 5.56. The highest BCUT2D eigenvalue weighted by Gasteiger charge is 2.24. The molecule has 1 fully saturated rings. The maximum absolute atomic E-state index is 11.5. The van der Waals surface area contributed by atoms with Gasteiger partial charge in [0.1, 0.15) is 16.8 Å². The highest BCUT2D eigenvalue weighted by Crippen LogP contribution is 2.33. The molecule has 0 unspecified atom stereocenters. The van der Waals surface area contributed by atoms with Crippen molar-refractivity contribution < 1.29 is 9.59 Å². The Labute approximate surface area is 144 Å². The van der Waals surface area contributed by atoms with Crippen LogP contribution in [0.1, 0.15) is 30.3 Å². The third kappa shape index (κ3) is 4.62. The Morgan fingerprint density at radius 3 is 2.58 bits per heavy atom. The van der Waals surface area contributed by atoms with Crippen LogP contribution in [-0.4, -0.2) is 32.8 Å². The van der Waals surface area contributed by atoms with Crippen LogP contribution in [0.4, 0.5) is 11.6 Å². The number of amides is 2. The van der Waals surface area contributed by atoms with E-state index in [4.69, 9.17) is 29.4 Å². The molecule has 0 radical (unpaired) electrons. The van der Waals surface area contributed by atoms with Gasteiger partial charge >= 0.3 is 0 Å². The smallest absolute Gasteiger partial charge is 0.271 e. The highest BCUT2D eigenvalue weighted by atomic mass is 32.1. The van der Waals surface area contributed by atoms with E-state index in [1.54, 1.807) is 13.0 Å². The lowest BCUT2D eigenvalue weighted by molar-refractivity contribution is -0.118. The van der Waals surface area contributed by atoms with Crippen molar-refractivity contribution in [1.82, 2.24) is 9.97 Å². The minimum atomic E-state index is -0.763.